The van der Waals surface area contributed by atoms with E-state index in [-0.39, 0.29) is 23.7 Å². The molecule has 2 N–H and O–H groups in total. The van der Waals surface area contributed by atoms with Crippen LogP contribution in [0.1, 0.15) is 42.7 Å². The summed E-state index contributed by atoms with van der Waals surface area (Å²) in [6.07, 6.45) is 3.18. The van der Waals surface area contributed by atoms with Crippen molar-refractivity contribution >= 4 is 0 Å². The van der Waals surface area contributed by atoms with E-state index in [1.807, 2.05) is 6.07 Å². The van der Waals surface area contributed by atoms with Crippen LogP contribution in [0.5, 0.6) is 5.75 Å². The van der Waals surface area contributed by atoms with Crippen LogP contribution < -0.4 is 0 Å². The number of halogens is 1. The molecular formula is C17H21FO2. The predicted molar refractivity (Wildman–Crippen MR) is 74.4 cm³/mol. The number of aromatic hydroxyl groups is 1. The molecule has 1 aromatic carbocycles. The van der Waals surface area contributed by atoms with Crippen LogP contribution in [0.25, 0.3) is 0 Å². The fourth-order valence-corrected chi connectivity index (χ4v) is 5.16. The molecule has 0 spiro atoms. The molecule has 3 aliphatic carbocycles. The van der Waals surface area contributed by atoms with Crippen molar-refractivity contribution in [2.75, 3.05) is 0 Å². The highest BCUT2D eigenvalue weighted by atomic mass is 19.1. The maximum atomic E-state index is 14.7. The summed E-state index contributed by atoms with van der Waals surface area (Å²) in [6.45, 7) is 0. The quantitative estimate of drug-likeness (QED) is 0.764. The fourth-order valence-electron chi connectivity index (χ4n) is 5.16. The molecule has 0 bridgehead atoms. The molecule has 0 amide bonds. The molecule has 4 rings (SSSR count). The third-order valence-corrected chi connectivity index (χ3v) is 5.97. The van der Waals surface area contributed by atoms with Crippen molar-refractivity contribution in [3.05, 3.63) is 29.3 Å². The number of alkyl halides is 1. The Bertz CT molecular complexity index is 530. The minimum absolute atomic E-state index is 0.0223. The Morgan fingerprint density at radius 1 is 1.05 bits per heavy atom. The lowest BCUT2D eigenvalue weighted by Crippen LogP contribution is -2.42. The van der Waals surface area contributed by atoms with Crippen molar-refractivity contribution in [3.63, 3.8) is 0 Å². The molecule has 3 aliphatic rings. The van der Waals surface area contributed by atoms with Crippen LogP contribution in [0.4, 0.5) is 4.39 Å². The van der Waals surface area contributed by atoms with Gasteiger partial charge in [0.05, 0.1) is 6.10 Å². The zero-order valence-corrected chi connectivity index (χ0v) is 11.5. The minimum Gasteiger partial charge on any atom is -0.508 e. The van der Waals surface area contributed by atoms with Crippen molar-refractivity contribution in [3.8, 4) is 5.75 Å². The summed E-state index contributed by atoms with van der Waals surface area (Å²) < 4.78 is 14.7. The molecule has 2 saturated carbocycles. The molecule has 2 nitrogen and oxygen atoms in total. The molecule has 6 atom stereocenters. The van der Waals surface area contributed by atoms with Crippen LogP contribution in [0.3, 0.4) is 0 Å². The lowest BCUT2D eigenvalue weighted by atomic mass is 9.60. The third kappa shape index (κ3) is 1.72. The van der Waals surface area contributed by atoms with Gasteiger partial charge in [-0.2, -0.15) is 0 Å². The number of aliphatic hydroxyl groups is 1. The number of fused-ring (bicyclic) bond motifs is 5. The number of rotatable bonds is 0. The highest BCUT2D eigenvalue weighted by Gasteiger charge is 2.51. The molecule has 2 fully saturated rings. The van der Waals surface area contributed by atoms with Crippen molar-refractivity contribution in [1.29, 1.82) is 0 Å². The van der Waals surface area contributed by atoms with Crippen LogP contribution in [-0.4, -0.2) is 22.5 Å². The predicted octanol–water partition coefficient (Wildman–Crippen LogP) is 3.17. The Balaban J connectivity index is 1.73. The SMILES string of the molecule is Oc1ccc2c(c1)CC[C@H]1[C@@H]3CCC(O)[C@H]3C[C@H](F)[C@H]21. The Kier molecular flexibility index (Phi) is 2.81. The van der Waals surface area contributed by atoms with E-state index in [0.29, 0.717) is 18.3 Å². The van der Waals surface area contributed by atoms with Gasteiger partial charge < -0.3 is 10.2 Å². The largest absolute Gasteiger partial charge is 0.508 e. The zero-order chi connectivity index (χ0) is 13.9. The van der Waals surface area contributed by atoms with E-state index in [0.717, 1.165) is 36.8 Å². The van der Waals surface area contributed by atoms with Gasteiger partial charge in [0.15, 0.2) is 0 Å². The van der Waals surface area contributed by atoms with E-state index >= 15 is 0 Å². The van der Waals surface area contributed by atoms with E-state index in [1.54, 1.807) is 12.1 Å². The second kappa shape index (κ2) is 4.45. The molecule has 1 aromatic rings. The van der Waals surface area contributed by atoms with Crippen LogP contribution in [0, 0.1) is 17.8 Å². The van der Waals surface area contributed by atoms with E-state index in [9.17, 15) is 14.6 Å². The third-order valence-electron chi connectivity index (χ3n) is 5.97. The second-order valence-electron chi connectivity index (χ2n) is 6.84. The van der Waals surface area contributed by atoms with Crippen molar-refractivity contribution < 1.29 is 14.6 Å². The van der Waals surface area contributed by atoms with Gasteiger partial charge in [0.2, 0.25) is 0 Å². The smallest absolute Gasteiger partial charge is 0.115 e. The van der Waals surface area contributed by atoms with Crippen LogP contribution in [-0.2, 0) is 6.42 Å². The second-order valence-corrected chi connectivity index (χ2v) is 6.84. The van der Waals surface area contributed by atoms with Gasteiger partial charge in [0.1, 0.15) is 11.9 Å². The van der Waals surface area contributed by atoms with Crippen LogP contribution >= 0.6 is 0 Å². The first-order valence-electron chi connectivity index (χ1n) is 7.79. The molecule has 0 saturated heterocycles. The highest BCUT2D eigenvalue weighted by molar-refractivity contribution is 5.40. The number of phenols is 1. The number of hydrogen-bond donors (Lipinski definition) is 2. The molecule has 0 aromatic heterocycles. The van der Waals surface area contributed by atoms with Gasteiger partial charge in [0.25, 0.3) is 0 Å². The molecular weight excluding hydrogens is 255 g/mol. The molecule has 20 heavy (non-hydrogen) atoms. The Morgan fingerprint density at radius 3 is 2.75 bits per heavy atom. The van der Waals surface area contributed by atoms with Gasteiger partial charge in [-0.1, -0.05) is 6.07 Å². The topological polar surface area (TPSA) is 40.5 Å². The Morgan fingerprint density at radius 2 is 1.90 bits per heavy atom. The number of hydrogen-bond acceptors (Lipinski definition) is 2. The van der Waals surface area contributed by atoms with E-state index in [4.69, 9.17) is 0 Å². The summed E-state index contributed by atoms with van der Waals surface area (Å²) in [4.78, 5) is 0. The molecule has 0 radical (unpaired) electrons. The number of benzene rings is 1. The maximum Gasteiger partial charge on any atom is 0.115 e. The van der Waals surface area contributed by atoms with Crippen molar-refractivity contribution in [2.24, 2.45) is 17.8 Å². The standard InChI is InChI=1S/C17H21FO2/c18-15-8-14-12(5-6-16(14)20)13-3-1-9-7-10(19)2-4-11(9)17(13)15/h2,4,7,12-17,19-20H,1,3,5-6,8H2/t12-,13-,14-,15-,16?,17+/m0/s1. The molecule has 1 unspecified atom stereocenters. The molecule has 3 heteroatoms. The van der Waals surface area contributed by atoms with E-state index in [1.165, 1.54) is 0 Å². The number of aliphatic hydroxyl groups excluding tert-OH is 1. The van der Waals surface area contributed by atoms with E-state index < -0.39 is 6.17 Å². The van der Waals surface area contributed by atoms with Crippen LogP contribution in [0.2, 0.25) is 0 Å². The van der Waals surface area contributed by atoms with Gasteiger partial charge >= 0.3 is 0 Å². The summed E-state index contributed by atoms with van der Waals surface area (Å²) in [7, 11) is 0. The molecule has 0 heterocycles. The first kappa shape index (κ1) is 12.6. The first-order valence-corrected chi connectivity index (χ1v) is 7.79. The average Bonchev–Trinajstić information content (AvgIpc) is 2.80. The maximum absolute atomic E-state index is 14.7. The van der Waals surface area contributed by atoms with Gasteiger partial charge in [-0.05, 0) is 73.1 Å². The number of phenolic OH excluding ortho intramolecular Hbond substituents is 1. The Labute approximate surface area is 118 Å². The zero-order valence-electron chi connectivity index (χ0n) is 11.5. The monoisotopic (exact) mass is 276 g/mol. The number of aryl methyl sites for hydroxylation is 1. The summed E-state index contributed by atoms with van der Waals surface area (Å²) in [6, 6.07) is 5.40. The van der Waals surface area contributed by atoms with Gasteiger partial charge in [-0.25, -0.2) is 4.39 Å². The van der Waals surface area contributed by atoms with Gasteiger partial charge in [-0.15, -0.1) is 0 Å². The summed E-state index contributed by atoms with van der Waals surface area (Å²) in [5, 5.41) is 19.7. The van der Waals surface area contributed by atoms with Crippen molar-refractivity contribution in [2.45, 2.75) is 50.3 Å². The van der Waals surface area contributed by atoms with E-state index in [2.05, 4.69) is 0 Å². The minimum atomic E-state index is -0.849. The first-order chi connectivity index (χ1) is 9.65. The van der Waals surface area contributed by atoms with Gasteiger partial charge in [-0.3, -0.25) is 0 Å². The lowest BCUT2D eigenvalue weighted by Gasteiger charge is -2.46. The summed E-state index contributed by atoms with van der Waals surface area (Å²) in [5.74, 6) is 1.29. The normalized spacial score (nSPS) is 42.7. The molecule has 0 aliphatic heterocycles. The van der Waals surface area contributed by atoms with Crippen molar-refractivity contribution in [1.82, 2.24) is 0 Å². The molecule has 108 valence electrons. The highest BCUT2D eigenvalue weighted by Crippen LogP contribution is 2.56. The Hall–Kier alpha value is -1.09. The van der Waals surface area contributed by atoms with Crippen LogP contribution in [0.15, 0.2) is 18.2 Å². The average molecular weight is 276 g/mol. The lowest BCUT2D eigenvalue weighted by molar-refractivity contribution is 0.0123. The summed E-state index contributed by atoms with van der Waals surface area (Å²) >= 11 is 0. The fraction of sp³-hybridized carbons (Fsp3) is 0.647. The van der Waals surface area contributed by atoms with Gasteiger partial charge in [0, 0.05) is 5.92 Å². The summed E-state index contributed by atoms with van der Waals surface area (Å²) in [5.41, 5.74) is 2.22.